The van der Waals surface area contributed by atoms with Crippen molar-refractivity contribution in [2.75, 3.05) is 6.54 Å². The first-order valence-corrected chi connectivity index (χ1v) is 5.95. The maximum Gasteiger partial charge on any atom is 0.137 e. The first-order chi connectivity index (χ1) is 7.59. The molecule has 2 N–H and O–H groups in total. The maximum absolute atomic E-state index is 13.5. The van der Waals surface area contributed by atoms with Gasteiger partial charge in [0.25, 0.3) is 0 Å². The van der Waals surface area contributed by atoms with E-state index in [-0.39, 0.29) is 16.1 Å². The molecule has 0 saturated carbocycles. The Kier molecular flexibility index (Phi) is 3.56. The largest absolute Gasteiger partial charge is 0.387 e. The minimum Gasteiger partial charge on any atom is -0.387 e. The highest BCUT2D eigenvalue weighted by Gasteiger charge is 2.26. The molecular formula is C11H12BrF2NO. The quantitative estimate of drug-likeness (QED) is 0.821. The fourth-order valence-electron chi connectivity index (χ4n) is 1.96. The van der Waals surface area contributed by atoms with Gasteiger partial charge in [-0.25, -0.2) is 8.78 Å². The van der Waals surface area contributed by atoms with Gasteiger partial charge in [-0.15, -0.1) is 0 Å². The number of nitrogens with one attached hydrogen (secondary N) is 1. The Hall–Kier alpha value is -0.520. The van der Waals surface area contributed by atoms with Gasteiger partial charge < -0.3 is 10.4 Å². The third-order valence-electron chi connectivity index (χ3n) is 2.84. The second-order valence-corrected chi connectivity index (χ2v) is 4.79. The summed E-state index contributed by atoms with van der Waals surface area (Å²) < 4.78 is 26.9. The van der Waals surface area contributed by atoms with E-state index in [2.05, 4.69) is 21.2 Å². The second kappa shape index (κ2) is 4.77. The fourth-order valence-corrected chi connectivity index (χ4v) is 2.28. The molecule has 2 unspecified atom stereocenters. The van der Waals surface area contributed by atoms with Crippen LogP contribution < -0.4 is 5.32 Å². The molecule has 1 heterocycles. The van der Waals surface area contributed by atoms with E-state index in [4.69, 9.17) is 0 Å². The topological polar surface area (TPSA) is 32.3 Å². The van der Waals surface area contributed by atoms with E-state index in [9.17, 15) is 13.9 Å². The Balaban J connectivity index is 2.28. The molecule has 16 heavy (non-hydrogen) atoms. The van der Waals surface area contributed by atoms with Crippen LogP contribution in [0.2, 0.25) is 0 Å². The molecule has 1 fully saturated rings. The summed E-state index contributed by atoms with van der Waals surface area (Å²) >= 11 is 2.90. The third-order valence-corrected chi connectivity index (χ3v) is 3.45. The lowest BCUT2D eigenvalue weighted by Crippen LogP contribution is -2.29. The van der Waals surface area contributed by atoms with Crippen LogP contribution in [-0.2, 0) is 0 Å². The number of halogens is 3. The van der Waals surface area contributed by atoms with Gasteiger partial charge in [0.2, 0.25) is 0 Å². The molecule has 0 amide bonds. The Bertz CT molecular complexity index is 394. The summed E-state index contributed by atoms with van der Waals surface area (Å²) in [6.45, 7) is 0.808. The van der Waals surface area contributed by atoms with E-state index in [1.807, 2.05) is 0 Å². The maximum atomic E-state index is 13.5. The van der Waals surface area contributed by atoms with Crippen molar-refractivity contribution in [2.24, 2.45) is 0 Å². The minimum atomic E-state index is -0.995. The molecule has 2 rings (SSSR count). The molecule has 5 heteroatoms. The summed E-state index contributed by atoms with van der Waals surface area (Å²) in [7, 11) is 0. The number of hydrogen-bond acceptors (Lipinski definition) is 2. The summed E-state index contributed by atoms with van der Waals surface area (Å²) in [6, 6.07) is 1.91. The Morgan fingerprint density at radius 2 is 2.12 bits per heavy atom. The van der Waals surface area contributed by atoms with Crippen LogP contribution in [0, 0.1) is 11.6 Å². The van der Waals surface area contributed by atoms with Crippen LogP contribution in [0.1, 0.15) is 24.5 Å². The standard InChI is InChI=1S/C11H12BrF2NO/c12-7-5-8(13)6(4-9(7)14)11(16)10-2-1-3-15-10/h4-5,10-11,15-16H,1-3H2. The first kappa shape index (κ1) is 12.0. The minimum absolute atomic E-state index is 0.0140. The van der Waals surface area contributed by atoms with Gasteiger partial charge in [0.05, 0.1) is 10.6 Å². The van der Waals surface area contributed by atoms with Crippen molar-refractivity contribution in [3.05, 3.63) is 33.8 Å². The van der Waals surface area contributed by atoms with Crippen LogP contribution in [-0.4, -0.2) is 17.7 Å². The van der Waals surface area contributed by atoms with Crippen molar-refractivity contribution in [1.29, 1.82) is 0 Å². The number of rotatable bonds is 2. The van der Waals surface area contributed by atoms with Gasteiger partial charge in [-0.2, -0.15) is 0 Å². The van der Waals surface area contributed by atoms with Gasteiger partial charge in [-0.1, -0.05) is 0 Å². The van der Waals surface area contributed by atoms with Gasteiger partial charge in [0.15, 0.2) is 0 Å². The van der Waals surface area contributed by atoms with E-state index >= 15 is 0 Å². The lowest BCUT2D eigenvalue weighted by atomic mass is 10.0. The smallest absolute Gasteiger partial charge is 0.137 e. The molecule has 2 nitrogen and oxygen atoms in total. The lowest BCUT2D eigenvalue weighted by molar-refractivity contribution is 0.133. The Labute approximate surface area is 101 Å². The summed E-state index contributed by atoms with van der Waals surface area (Å²) in [6.07, 6.45) is 0.728. The summed E-state index contributed by atoms with van der Waals surface area (Å²) in [5.74, 6) is -1.15. The SMILES string of the molecule is OC(c1cc(F)c(Br)cc1F)C1CCCN1. The normalized spacial score (nSPS) is 22.4. The molecule has 1 aliphatic rings. The summed E-state index contributed by atoms with van der Waals surface area (Å²) in [5, 5.41) is 13.0. The van der Waals surface area contributed by atoms with Crippen LogP contribution in [0.4, 0.5) is 8.78 Å². The molecule has 2 atom stereocenters. The lowest BCUT2D eigenvalue weighted by Gasteiger charge is -2.19. The van der Waals surface area contributed by atoms with E-state index in [0.29, 0.717) is 0 Å². The average molecular weight is 292 g/mol. The molecule has 1 aliphatic heterocycles. The number of aliphatic hydroxyl groups excluding tert-OH is 1. The zero-order chi connectivity index (χ0) is 11.7. The van der Waals surface area contributed by atoms with E-state index in [1.165, 1.54) is 0 Å². The van der Waals surface area contributed by atoms with Crippen molar-refractivity contribution in [1.82, 2.24) is 5.32 Å². The zero-order valence-electron chi connectivity index (χ0n) is 8.51. The molecule has 0 aliphatic carbocycles. The predicted molar refractivity (Wildman–Crippen MR) is 60.0 cm³/mol. The third kappa shape index (κ3) is 2.26. The Morgan fingerprint density at radius 3 is 2.75 bits per heavy atom. The molecule has 0 spiro atoms. The summed E-state index contributed by atoms with van der Waals surface area (Å²) in [5.41, 5.74) is 0.0140. The molecule has 1 saturated heterocycles. The fraction of sp³-hybridized carbons (Fsp3) is 0.455. The van der Waals surface area contributed by atoms with Crippen molar-refractivity contribution in [2.45, 2.75) is 25.0 Å². The van der Waals surface area contributed by atoms with E-state index in [1.54, 1.807) is 0 Å². The van der Waals surface area contributed by atoms with Crippen LogP contribution >= 0.6 is 15.9 Å². The predicted octanol–water partition coefficient (Wildman–Crippen LogP) is 2.51. The molecule has 0 radical (unpaired) electrons. The van der Waals surface area contributed by atoms with Crippen molar-refractivity contribution < 1.29 is 13.9 Å². The van der Waals surface area contributed by atoms with Gasteiger partial charge in [-0.05, 0) is 47.4 Å². The highest BCUT2D eigenvalue weighted by atomic mass is 79.9. The number of benzene rings is 1. The van der Waals surface area contributed by atoms with Gasteiger partial charge in [0.1, 0.15) is 11.6 Å². The van der Waals surface area contributed by atoms with Gasteiger partial charge >= 0.3 is 0 Å². The summed E-state index contributed by atoms with van der Waals surface area (Å²) in [4.78, 5) is 0. The number of aliphatic hydroxyl groups is 1. The zero-order valence-corrected chi connectivity index (χ0v) is 10.1. The highest BCUT2D eigenvalue weighted by Crippen LogP contribution is 2.28. The molecule has 88 valence electrons. The second-order valence-electron chi connectivity index (χ2n) is 3.94. The number of hydrogen-bond donors (Lipinski definition) is 2. The monoisotopic (exact) mass is 291 g/mol. The Morgan fingerprint density at radius 1 is 1.38 bits per heavy atom. The molecule has 1 aromatic carbocycles. The first-order valence-electron chi connectivity index (χ1n) is 5.15. The van der Waals surface area contributed by atoms with E-state index < -0.39 is 17.7 Å². The highest BCUT2D eigenvalue weighted by molar-refractivity contribution is 9.10. The van der Waals surface area contributed by atoms with Crippen LogP contribution in [0.5, 0.6) is 0 Å². The molecule has 1 aromatic rings. The molecule has 0 aromatic heterocycles. The molecular weight excluding hydrogens is 280 g/mol. The van der Waals surface area contributed by atoms with Crippen LogP contribution in [0.15, 0.2) is 16.6 Å². The van der Waals surface area contributed by atoms with Crippen molar-refractivity contribution in [3.63, 3.8) is 0 Å². The average Bonchev–Trinajstić information content (AvgIpc) is 2.75. The van der Waals surface area contributed by atoms with Crippen molar-refractivity contribution >= 4 is 15.9 Å². The van der Waals surface area contributed by atoms with Gasteiger partial charge in [0, 0.05) is 11.6 Å². The van der Waals surface area contributed by atoms with E-state index in [0.717, 1.165) is 31.5 Å². The van der Waals surface area contributed by atoms with Gasteiger partial charge in [-0.3, -0.25) is 0 Å². The van der Waals surface area contributed by atoms with Crippen LogP contribution in [0.25, 0.3) is 0 Å². The molecule has 0 bridgehead atoms. The van der Waals surface area contributed by atoms with Crippen LogP contribution in [0.3, 0.4) is 0 Å². The van der Waals surface area contributed by atoms with Crippen molar-refractivity contribution in [3.8, 4) is 0 Å².